The summed E-state index contributed by atoms with van der Waals surface area (Å²) in [6.45, 7) is 6.73. The molecule has 186 valence electrons. The van der Waals surface area contributed by atoms with Gasteiger partial charge in [-0.05, 0) is 57.0 Å². The van der Waals surface area contributed by atoms with Crippen LogP contribution in [0.15, 0.2) is 18.2 Å². The third-order valence-corrected chi connectivity index (χ3v) is 6.00. The van der Waals surface area contributed by atoms with E-state index in [0.29, 0.717) is 42.5 Å². The van der Waals surface area contributed by atoms with E-state index >= 15 is 0 Å². The van der Waals surface area contributed by atoms with Gasteiger partial charge in [0.1, 0.15) is 11.4 Å². The highest BCUT2D eigenvalue weighted by molar-refractivity contribution is 5.76. The maximum Gasteiger partial charge on any atom is 0.416 e. The van der Waals surface area contributed by atoms with Gasteiger partial charge in [0.15, 0.2) is 5.82 Å². The molecule has 0 radical (unpaired) electrons. The lowest BCUT2D eigenvalue weighted by molar-refractivity contribution is -0.137. The number of anilines is 1. The molecule has 0 aliphatic carbocycles. The number of nitrogens with one attached hydrogen (secondary N) is 2. The molecular weight excluding hydrogens is 449 g/mol. The van der Waals surface area contributed by atoms with E-state index in [2.05, 4.69) is 25.7 Å². The third-order valence-electron chi connectivity index (χ3n) is 6.00. The molecule has 0 bridgehead atoms. The standard InChI is InChI=1S/C23H31F3N6O2/c1-3-28-20(34)8-10-32-9-4-5-16(13-32)29-22-18(12-27)14(2)21(30-31-22)17-7-6-15(11-19(17)33)23(24,25)26/h6-7,11,16,33H,3-5,8-10,12-13,27H2,1-2H3,(H,28,34)(H,29,31)/t16-/m1/s1. The Morgan fingerprint density at radius 2 is 2.09 bits per heavy atom. The molecule has 1 aromatic heterocycles. The molecule has 3 rings (SSSR count). The normalized spacial score (nSPS) is 16.9. The van der Waals surface area contributed by atoms with E-state index < -0.39 is 17.5 Å². The monoisotopic (exact) mass is 480 g/mol. The zero-order valence-corrected chi connectivity index (χ0v) is 19.4. The fourth-order valence-corrected chi connectivity index (χ4v) is 4.20. The van der Waals surface area contributed by atoms with Crippen molar-refractivity contribution in [1.82, 2.24) is 20.4 Å². The number of amides is 1. The lowest BCUT2D eigenvalue weighted by Gasteiger charge is -2.33. The lowest BCUT2D eigenvalue weighted by atomic mass is 10.00. The molecule has 1 aliphatic rings. The van der Waals surface area contributed by atoms with Crippen LogP contribution >= 0.6 is 0 Å². The highest BCUT2D eigenvalue weighted by Gasteiger charge is 2.31. The first-order valence-electron chi connectivity index (χ1n) is 11.4. The van der Waals surface area contributed by atoms with Gasteiger partial charge < -0.3 is 26.4 Å². The SMILES string of the molecule is CCNC(=O)CCN1CCC[C@@H](Nc2nnc(-c3ccc(C(F)(F)F)cc3O)c(C)c2CN)C1. The van der Waals surface area contributed by atoms with Crippen LogP contribution in [0.3, 0.4) is 0 Å². The van der Waals surface area contributed by atoms with Crippen LogP contribution in [0.5, 0.6) is 5.75 Å². The number of piperidine rings is 1. The van der Waals surface area contributed by atoms with E-state index in [0.717, 1.165) is 32.0 Å². The molecule has 1 fully saturated rings. The van der Waals surface area contributed by atoms with E-state index in [4.69, 9.17) is 5.73 Å². The van der Waals surface area contributed by atoms with Crippen molar-refractivity contribution in [2.45, 2.75) is 51.9 Å². The number of carbonyl (C=O) groups is 1. The van der Waals surface area contributed by atoms with Crippen molar-refractivity contribution in [3.05, 3.63) is 34.9 Å². The van der Waals surface area contributed by atoms with Crippen molar-refractivity contribution in [1.29, 1.82) is 0 Å². The van der Waals surface area contributed by atoms with Gasteiger partial charge in [-0.15, -0.1) is 10.2 Å². The summed E-state index contributed by atoms with van der Waals surface area (Å²) in [4.78, 5) is 14.0. The van der Waals surface area contributed by atoms with Gasteiger partial charge >= 0.3 is 6.18 Å². The number of aromatic nitrogens is 2. The van der Waals surface area contributed by atoms with Gasteiger partial charge in [0, 0.05) is 49.8 Å². The quantitative estimate of drug-likeness (QED) is 0.459. The van der Waals surface area contributed by atoms with E-state index in [1.165, 1.54) is 6.07 Å². The maximum atomic E-state index is 12.9. The van der Waals surface area contributed by atoms with E-state index in [9.17, 15) is 23.1 Å². The molecule has 1 aliphatic heterocycles. The topological polar surface area (TPSA) is 116 Å². The Morgan fingerprint density at radius 3 is 2.74 bits per heavy atom. The van der Waals surface area contributed by atoms with Gasteiger partial charge in [0.25, 0.3) is 0 Å². The number of alkyl halides is 3. The Balaban J connectivity index is 1.76. The number of halogens is 3. The highest BCUT2D eigenvalue weighted by Crippen LogP contribution is 2.37. The van der Waals surface area contributed by atoms with Crippen LogP contribution in [0.1, 0.15) is 42.9 Å². The number of hydrogen-bond donors (Lipinski definition) is 4. The number of carbonyl (C=O) groups excluding carboxylic acids is 1. The number of rotatable bonds is 8. The Kier molecular flexibility index (Phi) is 8.32. The van der Waals surface area contributed by atoms with Gasteiger partial charge in [-0.2, -0.15) is 13.2 Å². The Labute approximate surface area is 196 Å². The molecule has 0 spiro atoms. The first-order valence-corrected chi connectivity index (χ1v) is 11.4. The summed E-state index contributed by atoms with van der Waals surface area (Å²) in [5.41, 5.74) is 6.81. The van der Waals surface area contributed by atoms with Crippen LogP contribution in [-0.2, 0) is 17.5 Å². The predicted octanol–water partition coefficient (Wildman–Crippen LogP) is 3.04. The van der Waals surface area contributed by atoms with Crippen molar-refractivity contribution in [3.63, 3.8) is 0 Å². The summed E-state index contributed by atoms with van der Waals surface area (Å²) in [5.74, 6) is 0.0308. The molecule has 2 aromatic rings. The summed E-state index contributed by atoms with van der Waals surface area (Å²) >= 11 is 0. The summed E-state index contributed by atoms with van der Waals surface area (Å²) in [5, 5.41) is 24.9. The van der Waals surface area contributed by atoms with Gasteiger partial charge in [-0.25, -0.2) is 0 Å². The molecular formula is C23H31F3N6O2. The fourth-order valence-electron chi connectivity index (χ4n) is 4.20. The first-order chi connectivity index (χ1) is 16.1. The summed E-state index contributed by atoms with van der Waals surface area (Å²) in [6, 6.07) is 2.87. The van der Waals surface area contributed by atoms with Crippen molar-refractivity contribution >= 4 is 11.7 Å². The Hall–Kier alpha value is -2.92. The minimum Gasteiger partial charge on any atom is -0.507 e. The van der Waals surface area contributed by atoms with Crippen LogP contribution in [-0.4, -0.2) is 58.3 Å². The van der Waals surface area contributed by atoms with Crippen molar-refractivity contribution < 1.29 is 23.1 Å². The zero-order valence-electron chi connectivity index (χ0n) is 19.4. The molecule has 11 heteroatoms. The number of nitrogens with zero attached hydrogens (tertiary/aromatic N) is 3. The number of benzene rings is 1. The molecule has 1 amide bonds. The molecule has 2 heterocycles. The van der Waals surface area contributed by atoms with Gasteiger partial charge in [-0.1, -0.05) is 0 Å². The average molecular weight is 481 g/mol. The zero-order chi connectivity index (χ0) is 24.9. The third kappa shape index (κ3) is 6.15. The predicted molar refractivity (Wildman–Crippen MR) is 123 cm³/mol. The molecule has 1 aromatic carbocycles. The van der Waals surface area contributed by atoms with Gasteiger partial charge in [0.2, 0.25) is 5.91 Å². The molecule has 0 saturated carbocycles. The minimum atomic E-state index is -4.55. The van der Waals surface area contributed by atoms with Crippen molar-refractivity contribution in [2.75, 3.05) is 31.5 Å². The number of aromatic hydroxyl groups is 1. The molecule has 0 unspecified atom stereocenters. The van der Waals surface area contributed by atoms with E-state index in [-0.39, 0.29) is 29.8 Å². The molecule has 34 heavy (non-hydrogen) atoms. The number of hydrogen-bond acceptors (Lipinski definition) is 7. The van der Waals surface area contributed by atoms with Gasteiger partial charge in [-0.3, -0.25) is 4.79 Å². The molecule has 1 atom stereocenters. The Morgan fingerprint density at radius 1 is 1.32 bits per heavy atom. The Bertz CT molecular complexity index is 1010. The smallest absolute Gasteiger partial charge is 0.416 e. The molecule has 5 N–H and O–H groups in total. The minimum absolute atomic E-state index is 0.0339. The van der Waals surface area contributed by atoms with Crippen LogP contribution in [0.25, 0.3) is 11.3 Å². The van der Waals surface area contributed by atoms with Gasteiger partial charge in [0.05, 0.1) is 5.56 Å². The second-order valence-corrected chi connectivity index (χ2v) is 8.42. The van der Waals surface area contributed by atoms with Crippen LogP contribution < -0.4 is 16.4 Å². The second kappa shape index (κ2) is 11.0. The van der Waals surface area contributed by atoms with E-state index in [1.807, 2.05) is 6.92 Å². The fraction of sp³-hybridized carbons (Fsp3) is 0.522. The number of likely N-dealkylation sites (tertiary alicyclic amines) is 1. The van der Waals surface area contributed by atoms with Crippen molar-refractivity contribution in [2.24, 2.45) is 5.73 Å². The van der Waals surface area contributed by atoms with Crippen LogP contribution in [0.4, 0.5) is 19.0 Å². The molecule has 1 saturated heterocycles. The second-order valence-electron chi connectivity index (χ2n) is 8.42. The maximum absolute atomic E-state index is 12.9. The highest BCUT2D eigenvalue weighted by atomic mass is 19.4. The number of phenols is 1. The van der Waals surface area contributed by atoms with Crippen LogP contribution in [0, 0.1) is 6.92 Å². The summed E-state index contributed by atoms with van der Waals surface area (Å²) in [7, 11) is 0. The number of phenolic OH excluding ortho intramolecular Hbond substituents is 1. The average Bonchev–Trinajstić information content (AvgIpc) is 2.78. The van der Waals surface area contributed by atoms with Crippen LogP contribution in [0.2, 0.25) is 0 Å². The number of nitrogens with two attached hydrogens (primary N) is 1. The summed E-state index contributed by atoms with van der Waals surface area (Å²) in [6.07, 6.45) is -2.22. The van der Waals surface area contributed by atoms with Crippen molar-refractivity contribution in [3.8, 4) is 17.0 Å². The van der Waals surface area contributed by atoms with E-state index in [1.54, 1.807) is 6.92 Å². The first kappa shape index (κ1) is 25.7. The largest absolute Gasteiger partial charge is 0.507 e. The molecule has 8 nitrogen and oxygen atoms in total. The lowest BCUT2D eigenvalue weighted by Crippen LogP contribution is -2.43. The summed E-state index contributed by atoms with van der Waals surface area (Å²) < 4.78 is 38.8.